The number of hydrogen-bond acceptors (Lipinski definition) is 4. The number of halogens is 3. The highest BCUT2D eigenvalue weighted by atomic mass is 19.4. The molecule has 100 valence electrons. The zero-order chi connectivity index (χ0) is 13.9. The molecule has 1 rings (SSSR count). The topological polar surface area (TPSA) is 61.5 Å². The second-order valence-corrected chi connectivity index (χ2v) is 3.52. The molecular weight excluding hydrogens is 251 g/mol. The van der Waals surface area contributed by atoms with Gasteiger partial charge in [-0.1, -0.05) is 0 Å². The third-order valence-corrected chi connectivity index (χ3v) is 2.29. The van der Waals surface area contributed by atoms with E-state index in [1.807, 2.05) is 0 Å². The predicted molar refractivity (Wildman–Crippen MR) is 57.9 cm³/mol. The summed E-state index contributed by atoms with van der Waals surface area (Å²) >= 11 is 0. The summed E-state index contributed by atoms with van der Waals surface area (Å²) in [5.74, 6) is -0.793. The first-order valence-corrected chi connectivity index (χ1v) is 4.88. The summed E-state index contributed by atoms with van der Waals surface area (Å²) in [6.07, 6.45) is -4.56. The fourth-order valence-corrected chi connectivity index (χ4v) is 1.49. The molecule has 18 heavy (non-hydrogen) atoms. The summed E-state index contributed by atoms with van der Waals surface area (Å²) in [7, 11) is 2.38. The first-order valence-electron chi connectivity index (χ1n) is 4.88. The molecule has 0 heterocycles. The Kier molecular flexibility index (Phi) is 4.18. The van der Waals surface area contributed by atoms with Crippen LogP contribution in [-0.2, 0) is 22.3 Å². The number of alkyl halides is 3. The van der Waals surface area contributed by atoms with Crippen LogP contribution in [0.1, 0.15) is 21.5 Å². The van der Waals surface area contributed by atoms with Crippen LogP contribution >= 0.6 is 0 Å². The van der Waals surface area contributed by atoms with Crippen LogP contribution in [0, 0.1) is 0 Å². The Morgan fingerprint density at radius 3 is 2.39 bits per heavy atom. The average Bonchev–Trinajstić information content (AvgIpc) is 2.29. The highest BCUT2D eigenvalue weighted by Gasteiger charge is 2.34. The quantitative estimate of drug-likeness (QED) is 0.671. The molecule has 4 nitrogen and oxygen atoms in total. The third-order valence-electron chi connectivity index (χ3n) is 2.29. The van der Waals surface area contributed by atoms with Crippen molar-refractivity contribution in [3.05, 3.63) is 28.8 Å². The fourth-order valence-electron chi connectivity index (χ4n) is 1.49. The van der Waals surface area contributed by atoms with Gasteiger partial charge in [0.2, 0.25) is 0 Å². The third kappa shape index (κ3) is 2.92. The number of carbonyl (C=O) groups is 1. The van der Waals surface area contributed by atoms with Crippen molar-refractivity contribution in [2.75, 3.05) is 20.0 Å². The van der Waals surface area contributed by atoms with Crippen molar-refractivity contribution >= 4 is 11.7 Å². The van der Waals surface area contributed by atoms with Gasteiger partial charge in [-0.3, -0.25) is 0 Å². The standard InChI is InChI=1S/C11H12F3NO3/c1-17-5-6-3-7(10(16)18-2)9(15)4-8(6)11(12,13)14/h3-4H,5,15H2,1-2H3. The first-order chi connectivity index (χ1) is 8.31. The van der Waals surface area contributed by atoms with Crippen molar-refractivity contribution in [2.24, 2.45) is 0 Å². The Morgan fingerprint density at radius 2 is 1.94 bits per heavy atom. The van der Waals surface area contributed by atoms with Crippen LogP contribution in [0.3, 0.4) is 0 Å². The van der Waals surface area contributed by atoms with E-state index in [1.54, 1.807) is 0 Å². The number of nitrogen functional groups attached to an aromatic ring is 1. The summed E-state index contributed by atoms with van der Waals surface area (Å²) in [5, 5.41) is 0. The molecule has 0 aliphatic heterocycles. The molecule has 0 amide bonds. The van der Waals surface area contributed by atoms with E-state index < -0.39 is 17.7 Å². The fraction of sp³-hybridized carbons (Fsp3) is 0.364. The lowest BCUT2D eigenvalue weighted by molar-refractivity contribution is -0.138. The SMILES string of the molecule is COCc1cc(C(=O)OC)c(N)cc1C(F)(F)F. The Morgan fingerprint density at radius 1 is 1.33 bits per heavy atom. The van der Waals surface area contributed by atoms with E-state index in [9.17, 15) is 18.0 Å². The number of esters is 1. The van der Waals surface area contributed by atoms with E-state index in [0.717, 1.165) is 13.2 Å². The molecule has 0 aliphatic rings. The van der Waals surface area contributed by atoms with Gasteiger partial charge in [-0.15, -0.1) is 0 Å². The minimum Gasteiger partial charge on any atom is -0.465 e. The summed E-state index contributed by atoms with van der Waals surface area (Å²) in [4.78, 5) is 11.3. The Balaban J connectivity index is 3.39. The second-order valence-electron chi connectivity index (χ2n) is 3.52. The number of hydrogen-bond donors (Lipinski definition) is 1. The van der Waals surface area contributed by atoms with Gasteiger partial charge in [0, 0.05) is 12.8 Å². The highest BCUT2D eigenvalue weighted by molar-refractivity contribution is 5.95. The lowest BCUT2D eigenvalue weighted by atomic mass is 10.0. The summed E-state index contributed by atoms with van der Waals surface area (Å²) < 4.78 is 47.3. The van der Waals surface area contributed by atoms with Crippen molar-refractivity contribution in [3.63, 3.8) is 0 Å². The molecule has 0 aromatic heterocycles. The van der Waals surface area contributed by atoms with Gasteiger partial charge in [-0.2, -0.15) is 13.2 Å². The zero-order valence-electron chi connectivity index (χ0n) is 9.80. The van der Waals surface area contributed by atoms with E-state index in [0.29, 0.717) is 6.07 Å². The van der Waals surface area contributed by atoms with E-state index in [-0.39, 0.29) is 23.4 Å². The molecule has 7 heteroatoms. The van der Waals surface area contributed by atoms with Crippen LogP contribution < -0.4 is 5.73 Å². The second kappa shape index (κ2) is 5.26. The lowest BCUT2D eigenvalue weighted by Gasteiger charge is -2.15. The van der Waals surface area contributed by atoms with Crippen molar-refractivity contribution < 1.29 is 27.4 Å². The van der Waals surface area contributed by atoms with Crippen LogP contribution in [0.15, 0.2) is 12.1 Å². The van der Waals surface area contributed by atoms with Gasteiger partial charge in [-0.05, 0) is 17.7 Å². The monoisotopic (exact) mass is 263 g/mol. The molecule has 1 aromatic rings. The smallest absolute Gasteiger partial charge is 0.416 e. The summed E-state index contributed by atoms with van der Waals surface area (Å²) in [6.45, 7) is -0.279. The van der Waals surface area contributed by atoms with Gasteiger partial charge in [0.25, 0.3) is 0 Å². The molecule has 0 unspecified atom stereocenters. The van der Waals surface area contributed by atoms with Crippen LogP contribution in [0.2, 0.25) is 0 Å². The number of rotatable bonds is 3. The Bertz CT molecular complexity index is 458. The molecule has 0 bridgehead atoms. The van der Waals surface area contributed by atoms with Gasteiger partial charge in [0.15, 0.2) is 0 Å². The maximum Gasteiger partial charge on any atom is 0.416 e. The number of benzene rings is 1. The number of carbonyl (C=O) groups excluding carboxylic acids is 1. The Labute approximate surface area is 101 Å². The van der Waals surface area contributed by atoms with Crippen LogP contribution in [0.4, 0.5) is 18.9 Å². The minimum absolute atomic E-state index is 0.113. The van der Waals surface area contributed by atoms with Gasteiger partial charge < -0.3 is 15.2 Å². The normalized spacial score (nSPS) is 11.4. The molecule has 1 aromatic carbocycles. The minimum atomic E-state index is -4.56. The molecule has 0 atom stereocenters. The van der Waals surface area contributed by atoms with Crippen molar-refractivity contribution in [2.45, 2.75) is 12.8 Å². The zero-order valence-corrected chi connectivity index (χ0v) is 9.80. The molecular formula is C11H12F3NO3. The van der Waals surface area contributed by atoms with Gasteiger partial charge in [-0.25, -0.2) is 4.79 Å². The molecule has 0 fully saturated rings. The molecule has 0 radical (unpaired) electrons. The van der Waals surface area contributed by atoms with Gasteiger partial charge >= 0.3 is 12.1 Å². The van der Waals surface area contributed by atoms with Crippen LogP contribution in [0.5, 0.6) is 0 Å². The van der Waals surface area contributed by atoms with Gasteiger partial charge in [0.05, 0.1) is 24.8 Å². The van der Waals surface area contributed by atoms with Crippen molar-refractivity contribution in [3.8, 4) is 0 Å². The summed E-state index contributed by atoms with van der Waals surface area (Å²) in [5.41, 5.74) is 3.93. The molecule has 0 aliphatic carbocycles. The molecule has 0 saturated heterocycles. The van der Waals surface area contributed by atoms with Crippen LogP contribution in [0.25, 0.3) is 0 Å². The Hall–Kier alpha value is -1.76. The van der Waals surface area contributed by atoms with Crippen molar-refractivity contribution in [1.29, 1.82) is 0 Å². The summed E-state index contributed by atoms with van der Waals surface area (Å²) in [6, 6.07) is 1.74. The maximum atomic E-state index is 12.7. The molecule has 2 N–H and O–H groups in total. The molecule has 0 spiro atoms. The van der Waals surface area contributed by atoms with Crippen LogP contribution in [-0.4, -0.2) is 20.2 Å². The average molecular weight is 263 g/mol. The number of nitrogens with two attached hydrogens (primary N) is 1. The van der Waals surface area contributed by atoms with Gasteiger partial charge in [0.1, 0.15) is 0 Å². The maximum absolute atomic E-state index is 12.7. The lowest BCUT2D eigenvalue weighted by Crippen LogP contribution is -2.14. The van der Waals surface area contributed by atoms with E-state index in [2.05, 4.69) is 9.47 Å². The molecule has 0 saturated carbocycles. The van der Waals surface area contributed by atoms with Crippen molar-refractivity contribution in [1.82, 2.24) is 0 Å². The number of anilines is 1. The largest absolute Gasteiger partial charge is 0.465 e. The van der Waals surface area contributed by atoms with E-state index >= 15 is 0 Å². The highest BCUT2D eigenvalue weighted by Crippen LogP contribution is 2.35. The first kappa shape index (κ1) is 14.3. The number of ether oxygens (including phenoxy) is 2. The van der Waals surface area contributed by atoms with E-state index in [1.165, 1.54) is 7.11 Å². The predicted octanol–water partition coefficient (Wildman–Crippen LogP) is 2.22. The van der Waals surface area contributed by atoms with E-state index in [4.69, 9.17) is 5.73 Å². The number of methoxy groups -OCH3 is 2.